The Labute approximate surface area is 120 Å². The third-order valence-corrected chi connectivity index (χ3v) is 4.58. The summed E-state index contributed by atoms with van der Waals surface area (Å²) < 4.78 is 0. The van der Waals surface area contributed by atoms with Gasteiger partial charge in [-0.3, -0.25) is 0 Å². The molecular weight excluding hydrogens is 252 g/mol. The third-order valence-electron chi connectivity index (χ3n) is 4.58. The van der Waals surface area contributed by atoms with Gasteiger partial charge in [-0.1, -0.05) is 13.8 Å². The van der Waals surface area contributed by atoms with Crippen molar-refractivity contribution in [2.75, 3.05) is 0 Å². The topological polar surface area (TPSA) is 63.1 Å². The van der Waals surface area contributed by atoms with Gasteiger partial charge >= 0.3 is 5.97 Å². The van der Waals surface area contributed by atoms with Crippen LogP contribution in [0.1, 0.15) is 73.0 Å². The number of hydrogen-bond acceptors (Lipinski definition) is 3. The first-order valence-electron chi connectivity index (χ1n) is 7.48. The lowest BCUT2D eigenvalue weighted by molar-refractivity contribution is 0.0694. The summed E-state index contributed by atoms with van der Waals surface area (Å²) in [6, 6.07) is 0. The number of nitrogens with zero attached hydrogens (tertiary/aromatic N) is 2. The third kappa shape index (κ3) is 3.00. The Balaban J connectivity index is 2.17. The lowest BCUT2D eigenvalue weighted by Crippen LogP contribution is -2.20. The van der Waals surface area contributed by atoms with Gasteiger partial charge in [0, 0.05) is 5.92 Å². The van der Waals surface area contributed by atoms with E-state index in [1.165, 1.54) is 12.8 Å². The maximum Gasteiger partial charge on any atom is 0.339 e. The van der Waals surface area contributed by atoms with Crippen LogP contribution in [0, 0.1) is 25.7 Å². The monoisotopic (exact) mass is 276 g/mol. The van der Waals surface area contributed by atoms with E-state index in [4.69, 9.17) is 5.11 Å². The molecule has 1 aliphatic carbocycles. The van der Waals surface area contributed by atoms with Crippen molar-refractivity contribution >= 4 is 5.97 Å². The van der Waals surface area contributed by atoms with Gasteiger partial charge < -0.3 is 5.11 Å². The number of carboxylic acid groups (broad SMARTS) is 1. The van der Waals surface area contributed by atoms with Crippen molar-refractivity contribution in [2.24, 2.45) is 11.8 Å². The molecule has 1 N–H and O–H groups in total. The molecule has 0 bridgehead atoms. The van der Waals surface area contributed by atoms with Crippen LogP contribution in [0.4, 0.5) is 0 Å². The molecule has 0 aliphatic heterocycles. The highest BCUT2D eigenvalue weighted by Crippen LogP contribution is 2.37. The minimum absolute atomic E-state index is 0.254. The standard InChI is InChI=1S/C16H24N2O2/c1-9(2)12-5-7-13(8-6-12)15-17-10(3)14(16(19)20)11(4)18-15/h9,12-13H,5-8H2,1-4H3,(H,19,20). The Morgan fingerprint density at radius 3 is 2.00 bits per heavy atom. The zero-order chi connectivity index (χ0) is 14.9. The van der Waals surface area contributed by atoms with E-state index in [0.29, 0.717) is 17.3 Å². The summed E-state index contributed by atoms with van der Waals surface area (Å²) in [5.41, 5.74) is 1.43. The fourth-order valence-electron chi connectivity index (χ4n) is 3.28. The van der Waals surface area contributed by atoms with E-state index in [2.05, 4.69) is 23.8 Å². The summed E-state index contributed by atoms with van der Waals surface area (Å²) >= 11 is 0. The van der Waals surface area contributed by atoms with E-state index in [0.717, 1.165) is 30.5 Å². The quantitative estimate of drug-likeness (QED) is 0.913. The smallest absolute Gasteiger partial charge is 0.339 e. The van der Waals surface area contributed by atoms with E-state index in [-0.39, 0.29) is 5.56 Å². The molecule has 1 aromatic heterocycles. The Hall–Kier alpha value is -1.45. The van der Waals surface area contributed by atoms with Crippen LogP contribution in [0.25, 0.3) is 0 Å². The molecule has 0 amide bonds. The zero-order valence-corrected chi connectivity index (χ0v) is 12.8. The molecule has 0 atom stereocenters. The summed E-state index contributed by atoms with van der Waals surface area (Å²) in [7, 11) is 0. The van der Waals surface area contributed by atoms with Crippen LogP contribution in [-0.2, 0) is 0 Å². The molecular formula is C16H24N2O2. The predicted molar refractivity (Wildman–Crippen MR) is 78.0 cm³/mol. The molecule has 1 aromatic rings. The average Bonchev–Trinajstić information content (AvgIpc) is 2.37. The maximum atomic E-state index is 11.2. The fourth-order valence-corrected chi connectivity index (χ4v) is 3.28. The molecule has 20 heavy (non-hydrogen) atoms. The van der Waals surface area contributed by atoms with Crippen LogP contribution in [0.5, 0.6) is 0 Å². The molecule has 1 fully saturated rings. The van der Waals surface area contributed by atoms with Crippen molar-refractivity contribution in [3.05, 3.63) is 22.8 Å². The SMILES string of the molecule is Cc1nc(C2CCC(C(C)C)CC2)nc(C)c1C(=O)O. The van der Waals surface area contributed by atoms with Gasteiger partial charge in [-0.15, -0.1) is 0 Å². The van der Waals surface area contributed by atoms with Gasteiger partial charge in [0.15, 0.2) is 0 Å². The van der Waals surface area contributed by atoms with E-state index in [1.54, 1.807) is 13.8 Å². The largest absolute Gasteiger partial charge is 0.478 e. The predicted octanol–water partition coefficient (Wildman–Crippen LogP) is 3.72. The Morgan fingerprint density at radius 1 is 1.10 bits per heavy atom. The number of aryl methyl sites for hydroxylation is 2. The normalized spacial score (nSPS) is 23.1. The molecule has 0 aromatic carbocycles. The van der Waals surface area contributed by atoms with Gasteiger partial charge in [-0.25, -0.2) is 14.8 Å². The van der Waals surface area contributed by atoms with Crippen molar-refractivity contribution in [3.8, 4) is 0 Å². The number of carboxylic acids is 1. The molecule has 110 valence electrons. The van der Waals surface area contributed by atoms with Crippen LogP contribution in [0.3, 0.4) is 0 Å². The highest BCUT2D eigenvalue weighted by atomic mass is 16.4. The molecule has 0 saturated heterocycles. The van der Waals surface area contributed by atoms with Gasteiger partial charge in [0.05, 0.1) is 11.4 Å². The average molecular weight is 276 g/mol. The van der Waals surface area contributed by atoms with Crippen molar-refractivity contribution < 1.29 is 9.90 Å². The Morgan fingerprint density at radius 2 is 1.60 bits per heavy atom. The Kier molecular flexibility index (Phi) is 4.41. The van der Waals surface area contributed by atoms with E-state index < -0.39 is 5.97 Å². The number of hydrogen-bond donors (Lipinski definition) is 1. The van der Waals surface area contributed by atoms with Crippen molar-refractivity contribution in [3.63, 3.8) is 0 Å². The second-order valence-electron chi connectivity index (χ2n) is 6.29. The summed E-state index contributed by atoms with van der Waals surface area (Å²) in [6.07, 6.45) is 4.69. The van der Waals surface area contributed by atoms with Crippen LogP contribution in [0.2, 0.25) is 0 Å². The molecule has 0 spiro atoms. The minimum atomic E-state index is -0.935. The van der Waals surface area contributed by atoms with E-state index >= 15 is 0 Å². The highest BCUT2D eigenvalue weighted by Gasteiger charge is 2.27. The van der Waals surface area contributed by atoms with Crippen molar-refractivity contribution in [1.29, 1.82) is 0 Å². The summed E-state index contributed by atoms with van der Waals surface area (Å²) in [4.78, 5) is 20.1. The number of aromatic carboxylic acids is 1. The summed E-state index contributed by atoms with van der Waals surface area (Å²) in [5.74, 6) is 1.86. The van der Waals surface area contributed by atoms with Crippen LogP contribution in [-0.4, -0.2) is 21.0 Å². The molecule has 1 aliphatic rings. The lowest BCUT2D eigenvalue weighted by Gasteiger charge is -2.30. The summed E-state index contributed by atoms with van der Waals surface area (Å²) in [6.45, 7) is 8.11. The number of rotatable bonds is 3. The lowest BCUT2D eigenvalue weighted by atomic mass is 9.76. The number of aromatic nitrogens is 2. The molecule has 4 nitrogen and oxygen atoms in total. The van der Waals surface area contributed by atoms with Gasteiger partial charge in [0.25, 0.3) is 0 Å². The molecule has 4 heteroatoms. The first kappa shape index (κ1) is 14.9. The second kappa shape index (κ2) is 5.90. The van der Waals surface area contributed by atoms with Crippen LogP contribution in [0.15, 0.2) is 0 Å². The molecule has 1 heterocycles. The molecule has 2 rings (SSSR count). The fraction of sp³-hybridized carbons (Fsp3) is 0.688. The zero-order valence-electron chi connectivity index (χ0n) is 12.8. The maximum absolute atomic E-state index is 11.2. The minimum Gasteiger partial charge on any atom is -0.478 e. The second-order valence-corrected chi connectivity index (χ2v) is 6.29. The first-order valence-corrected chi connectivity index (χ1v) is 7.48. The van der Waals surface area contributed by atoms with Crippen LogP contribution >= 0.6 is 0 Å². The Bertz CT molecular complexity index is 480. The van der Waals surface area contributed by atoms with Gasteiger partial charge in [-0.2, -0.15) is 0 Å². The van der Waals surface area contributed by atoms with E-state index in [9.17, 15) is 4.79 Å². The van der Waals surface area contributed by atoms with Gasteiger partial charge in [0.2, 0.25) is 0 Å². The number of carbonyl (C=O) groups is 1. The highest BCUT2D eigenvalue weighted by molar-refractivity contribution is 5.89. The first-order chi connectivity index (χ1) is 9.40. The van der Waals surface area contributed by atoms with E-state index in [1.807, 2.05) is 0 Å². The van der Waals surface area contributed by atoms with Crippen LogP contribution < -0.4 is 0 Å². The molecule has 0 radical (unpaired) electrons. The van der Waals surface area contributed by atoms with Gasteiger partial charge in [-0.05, 0) is 51.4 Å². The van der Waals surface area contributed by atoms with Crippen molar-refractivity contribution in [2.45, 2.75) is 59.3 Å². The van der Waals surface area contributed by atoms with Crippen molar-refractivity contribution in [1.82, 2.24) is 9.97 Å². The van der Waals surface area contributed by atoms with Gasteiger partial charge in [0.1, 0.15) is 11.4 Å². The summed E-state index contributed by atoms with van der Waals surface area (Å²) in [5, 5.41) is 9.16. The molecule has 0 unspecified atom stereocenters. The molecule has 1 saturated carbocycles.